The highest BCUT2D eigenvalue weighted by molar-refractivity contribution is 5.98. The highest BCUT2D eigenvalue weighted by Crippen LogP contribution is 2.40. The summed E-state index contributed by atoms with van der Waals surface area (Å²) in [7, 11) is 0. The summed E-state index contributed by atoms with van der Waals surface area (Å²) in [6.45, 7) is 6.19. The summed E-state index contributed by atoms with van der Waals surface area (Å²) >= 11 is 0. The predicted octanol–water partition coefficient (Wildman–Crippen LogP) is 3.21. The van der Waals surface area contributed by atoms with Crippen molar-refractivity contribution in [1.82, 2.24) is 5.43 Å². The summed E-state index contributed by atoms with van der Waals surface area (Å²) in [4.78, 5) is 14.4. The number of hydrogen-bond donors (Lipinski definition) is 1. The Hall–Kier alpha value is -2.10. The van der Waals surface area contributed by atoms with Crippen LogP contribution in [-0.2, 0) is 0 Å². The molecule has 1 fully saturated rings. The molecule has 0 bridgehead atoms. The van der Waals surface area contributed by atoms with Gasteiger partial charge in [0.05, 0.1) is 0 Å². The summed E-state index contributed by atoms with van der Waals surface area (Å²) in [5, 5.41) is 4.31. The van der Waals surface area contributed by atoms with Gasteiger partial charge in [-0.3, -0.25) is 4.79 Å². The maximum Gasteiger partial charge on any atom is 0.271 e. The Morgan fingerprint density at radius 1 is 1.27 bits per heavy atom. The highest BCUT2D eigenvalue weighted by Gasteiger charge is 2.37. The molecular formula is C18H23N3O. The van der Waals surface area contributed by atoms with E-state index >= 15 is 0 Å². The second kappa shape index (κ2) is 6.34. The van der Waals surface area contributed by atoms with E-state index in [0.717, 1.165) is 37.3 Å². The van der Waals surface area contributed by atoms with Gasteiger partial charge in [-0.25, -0.2) is 5.43 Å². The third kappa shape index (κ3) is 2.78. The number of amides is 1. The van der Waals surface area contributed by atoms with Crippen molar-refractivity contribution in [2.75, 3.05) is 18.0 Å². The van der Waals surface area contributed by atoms with Gasteiger partial charge >= 0.3 is 0 Å². The van der Waals surface area contributed by atoms with Crippen LogP contribution >= 0.6 is 0 Å². The predicted molar refractivity (Wildman–Crippen MR) is 90.3 cm³/mol. The minimum absolute atomic E-state index is 0.131. The quantitative estimate of drug-likeness (QED) is 0.670. The Bertz CT molecular complexity index is 599. The zero-order valence-corrected chi connectivity index (χ0v) is 13.2. The van der Waals surface area contributed by atoms with Crippen molar-refractivity contribution in [3.8, 4) is 0 Å². The van der Waals surface area contributed by atoms with Gasteiger partial charge < -0.3 is 4.90 Å². The van der Waals surface area contributed by atoms with E-state index in [0.29, 0.717) is 17.4 Å². The molecule has 4 nitrogen and oxygen atoms in total. The van der Waals surface area contributed by atoms with Crippen LogP contribution in [0.2, 0.25) is 0 Å². The number of anilines is 1. The SMILES string of the molecule is CCN(CC)c1ccc(C(=O)N/N=C2/C[C@@H]3C=CC[C@@H]23)cc1. The van der Waals surface area contributed by atoms with E-state index in [2.05, 4.69) is 41.4 Å². The number of carbonyl (C=O) groups excluding carboxylic acids is 1. The molecule has 1 aromatic carbocycles. The molecule has 22 heavy (non-hydrogen) atoms. The van der Waals surface area contributed by atoms with Gasteiger partial charge in [-0.1, -0.05) is 12.2 Å². The van der Waals surface area contributed by atoms with Crippen molar-refractivity contribution in [2.45, 2.75) is 26.7 Å². The first-order valence-electron chi connectivity index (χ1n) is 8.11. The summed E-state index contributed by atoms with van der Waals surface area (Å²) < 4.78 is 0. The van der Waals surface area contributed by atoms with E-state index in [1.54, 1.807) is 0 Å². The standard InChI is InChI=1S/C18H23N3O/c1-3-21(4-2)15-10-8-13(9-11-15)18(22)20-19-17-12-14-6-5-7-16(14)17/h5-6,8-11,14,16H,3-4,7,12H2,1-2H3,(H,20,22)/b19-17-/t14-,16+/m0/s1. The van der Waals surface area contributed by atoms with E-state index in [1.165, 1.54) is 0 Å². The highest BCUT2D eigenvalue weighted by atomic mass is 16.2. The van der Waals surface area contributed by atoms with Crippen molar-refractivity contribution in [3.63, 3.8) is 0 Å². The Balaban J connectivity index is 1.59. The van der Waals surface area contributed by atoms with Gasteiger partial charge in [-0.15, -0.1) is 0 Å². The Morgan fingerprint density at radius 3 is 2.64 bits per heavy atom. The molecule has 116 valence electrons. The van der Waals surface area contributed by atoms with E-state index in [4.69, 9.17) is 0 Å². The molecule has 0 spiro atoms. The molecule has 0 radical (unpaired) electrons. The molecule has 4 heteroatoms. The normalized spacial score (nSPS) is 24.0. The molecule has 3 rings (SSSR count). The van der Waals surface area contributed by atoms with Crippen molar-refractivity contribution >= 4 is 17.3 Å². The van der Waals surface area contributed by atoms with Crippen LogP contribution < -0.4 is 10.3 Å². The van der Waals surface area contributed by atoms with Gasteiger partial charge in [0.25, 0.3) is 5.91 Å². The molecule has 0 aromatic heterocycles. The Morgan fingerprint density at radius 2 is 2.00 bits per heavy atom. The molecular weight excluding hydrogens is 274 g/mol. The van der Waals surface area contributed by atoms with Crippen LogP contribution in [0.1, 0.15) is 37.0 Å². The first-order chi connectivity index (χ1) is 10.7. The summed E-state index contributed by atoms with van der Waals surface area (Å²) in [5.74, 6) is 1.06. The van der Waals surface area contributed by atoms with Crippen molar-refractivity contribution < 1.29 is 4.79 Å². The summed E-state index contributed by atoms with van der Waals surface area (Å²) in [5.41, 5.74) is 5.62. The Labute approximate surface area is 131 Å². The van der Waals surface area contributed by atoms with Crippen LogP contribution in [0, 0.1) is 11.8 Å². The molecule has 0 heterocycles. The zero-order chi connectivity index (χ0) is 15.5. The van der Waals surface area contributed by atoms with E-state index in [-0.39, 0.29) is 5.91 Å². The van der Waals surface area contributed by atoms with Gasteiger partial charge in [-0.05, 0) is 56.9 Å². The van der Waals surface area contributed by atoms with Crippen LogP contribution in [0.15, 0.2) is 41.5 Å². The van der Waals surface area contributed by atoms with E-state index < -0.39 is 0 Å². The smallest absolute Gasteiger partial charge is 0.271 e. The third-order valence-corrected chi connectivity index (χ3v) is 4.72. The van der Waals surface area contributed by atoms with Crippen LogP contribution in [0.25, 0.3) is 0 Å². The fraction of sp³-hybridized carbons (Fsp3) is 0.444. The molecule has 0 unspecified atom stereocenters. The average molecular weight is 297 g/mol. The number of rotatable bonds is 5. The lowest BCUT2D eigenvalue weighted by Crippen LogP contribution is -2.35. The van der Waals surface area contributed by atoms with Gasteiger partial charge in [0.15, 0.2) is 0 Å². The minimum atomic E-state index is -0.131. The van der Waals surface area contributed by atoms with Gasteiger partial charge in [0.2, 0.25) is 0 Å². The van der Waals surface area contributed by atoms with Crippen LogP contribution in [0.3, 0.4) is 0 Å². The van der Waals surface area contributed by atoms with Gasteiger partial charge in [0, 0.05) is 36.0 Å². The molecule has 1 aromatic rings. The van der Waals surface area contributed by atoms with E-state index in [1.807, 2.05) is 24.3 Å². The van der Waals surface area contributed by atoms with Crippen LogP contribution in [0.5, 0.6) is 0 Å². The number of carbonyl (C=O) groups is 1. The summed E-state index contributed by atoms with van der Waals surface area (Å²) in [6.07, 6.45) is 6.53. The fourth-order valence-electron chi connectivity index (χ4n) is 3.26. The lowest BCUT2D eigenvalue weighted by Gasteiger charge is -2.31. The van der Waals surface area contributed by atoms with Crippen molar-refractivity contribution in [2.24, 2.45) is 16.9 Å². The molecule has 0 aliphatic heterocycles. The topological polar surface area (TPSA) is 44.7 Å². The lowest BCUT2D eigenvalue weighted by atomic mass is 9.74. The first-order valence-corrected chi connectivity index (χ1v) is 8.11. The molecule has 2 aliphatic rings. The van der Waals surface area contributed by atoms with Gasteiger partial charge in [0.1, 0.15) is 0 Å². The Kier molecular flexibility index (Phi) is 4.27. The molecule has 2 aliphatic carbocycles. The number of hydrogen-bond acceptors (Lipinski definition) is 3. The first kappa shape index (κ1) is 14.8. The molecule has 1 amide bonds. The molecule has 1 saturated carbocycles. The maximum atomic E-state index is 12.2. The lowest BCUT2D eigenvalue weighted by molar-refractivity contribution is 0.0954. The number of fused-ring (bicyclic) bond motifs is 1. The fourth-order valence-corrected chi connectivity index (χ4v) is 3.26. The van der Waals surface area contributed by atoms with Gasteiger partial charge in [-0.2, -0.15) is 5.10 Å². The molecule has 1 N–H and O–H groups in total. The summed E-state index contributed by atoms with van der Waals surface area (Å²) in [6, 6.07) is 7.72. The number of hydrazone groups is 1. The monoisotopic (exact) mass is 297 g/mol. The number of benzene rings is 1. The number of allylic oxidation sites excluding steroid dienone is 2. The van der Waals surface area contributed by atoms with Crippen molar-refractivity contribution in [1.29, 1.82) is 0 Å². The van der Waals surface area contributed by atoms with E-state index in [9.17, 15) is 4.79 Å². The minimum Gasteiger partial charge on any atom is -0.372 e. The van der Waals surface area contributed by atoms with Crippen molar-refractivity contribution in [3.05, 3.63) is 42.0 Å². The van der Waals surface area contributed by atoms with Crippen LogP contribution in [0.4, 0.5) is 5.69 Å². The largest absolute Gasteiger partial charge is 0.372 e. The number of nitrogens with one attached hydrogen (secondary N) is 1. The number of nitrogens with zero attached hydrogens (tertiary/aromatic N) is 2. The molecule has 0 saturated heterocycles. The zero-order valence-electron chi connectivity index (χ0n) is 13.2. The second-order valence-corrected chi connectivity index (χ2v) is 5.90. The average Bonchev–Trinajstić information content (AvgIpc) is 2.90. The third-order valence-electron chi connectivity index (χ3n) is 4.72. The van der Waals surface area contributed by atoms with Crippen LogP contribution in [-0.4, -0.2) is 24.7 Å². The molecule has 2 atom stereocenters. The maximum absolute atomic E-state index is 12.2. The second-order valence-electron chi connectivity index (χ2n) is 5.90.